The molecule has 0 bridgehead atoms. The Bertz CT molecular complexity index is 1180. The molecular weight excluding hydrogens is 486 g/mol. The Morgan fingerprint density at radius 1 is 1.13 bits per heavy atom. The Hall–Kier alpha value is -1.81. The smallest absolute Gasteiger partial charge is 0.257 e. The number of para-hydroxylation sites is 1. The molecule has 0 aliphatic carbocycles. The van der Waals surface area contributed by atoms with Crippen LogP contribution in [-0.4, -0.2) is 36.7 Å². The van der Waals surface area contributed by atoms with Crippen LogP contribution in [0.5, 0.6) is 0 Å². The van der Waals surface area contributed by atoms with Crippen molar-refractivity contribution < 1.29 is 13.2 Å². The number of thiazole rings is 1. The van der Waals surface area contributed by atoms with Crippen LogP contribution < -0.4 is 5.32 Å². The van der Waals surface area contributed by atoms with E-state index in [4.69, 9.17) is 0 Å². The quantitative estimate of drug-likeness (QED) is 0.539. The zero-order valence-corrected chi connectivity index (χ0v) is 19.9. The highest BCUT2D eigenvalue weighted by molar-refractivity contribution is 9.10. The van der Waals surface area contributed by atoms with Crippen molar-refractivity contribution in [1.82, 2.24) is 9.29 Å². The predicted molar refractivity (Wildman–Crippen MR) is 123 cm³/mol. The Kier molecular flexibility index (Phi) is 5.98. The van der Waals surface area contributed by atoms with Crippen LogP contribution in [0.2, 0.25) is 0 Å². The van der Waals surface area contributed by atoms with Gasteiger partial charge in [0.25, 0.3) is 5.91 Å². The fraction of sp³-hybridized carbons (Fsp3) is 0.333. The largest absolute Gasteiger partial charge is 0.298 e. The van der Waals surface area contributed by atoms with Gasteiger partial charge in [0.05, 0.1) is 15.1 Å². The zero-order chi connectivity index (χ0) is 21.5. The van der Waals surface area contributed by atoms with Crippen LogP contribution in [0.25, 0.3) is 10.2 Å². The van der Waals surface area contributed by atoms with Gasteiger partial charge >= 0.3 is 0 Å². The van der Waals surface area contributed by atoms with E-state index in [0.29, 0.717) is 35.6 Å². The van der Waals surface area contributed by atoms with Crippen LogP contribution in [-0.2, 0) is 10.0 Å². The highest BCUT2D eigenvalue weighted by Crippen LogP contribution is 2.31. The van der Waals surface area contributed by atoms with Crippen molar-refractivity contribution in [3.63, 3.8) is 0 Å². The Labute approximate surface area is 188 Å². The minimum atomic E-state index is -3.57. The molecule has 0 radical (unpaired) electrons. The van der Waals surface area contributed by atoms with Crippen molar-refractivity contribution in [1.29, 1.82) is 0 Å². The second-order valence-electron chi connectivity index (χ2n) is 7.85. The summed E-state index contributed by atoms with van der Waals surface area (Å²) in [5.74, 6) is 0.346. The van der Waals surface area contributed by atoms with Gasteiger partial charge in [-0.05, 0) is 70.6 Å². The molecule has 0 saturated carbocycles. The number of nitrogens with one attached hydrogen (secondary N) is 1. The number of halogens is 1. The Balaban J connectivity index is 1.51. The number of piperidine rings is 1. The second kappa shape index (κ2) is 8.37. The first kappa shape index (κ1) is 21.4. The lowest BCUT2D eigenvalue weighted by atomic mass is 9.94. The molecule has 1 saturated heterocycles. The molecule has 2 aromatic carbocycles. The third-order valence-corrected chi connectivity index (χ3v) is 8.60. The second-order valence-corrected chi connectivity index (χ2v) is 11.7. The molecule has 2 atom stereocenters. The fourth-order valence-electron chi connectivity index (χ4n) is 3.87. The molecule has 1 aliphatic heterocycles. The van der Waals surface area contributed by atoms with E-state index < -0.39 is 10.0 Å². The van der Waals surface area contributed by atoms with Crippen LogP contribution in [0.15, 0.2) is 51.8 Å². The van der Waals surface area contributed by atoms with Crippen molar-refractivity contribution in [3.05, 3.63) is 52.5 Å². The molecule has 0 spiro atoms. The van der Waals surface area contributed by atoms with Crippen LogP contribution in [0.4, 0.5) is 5.13 Å². The topological polar surface area (TPSA) is 79.4 Å². The number of fused-ring (bicyclic) bond motifs is 1. The molecule has 30 heavy (non-hydrogen) atoms. The molecule has 2 heterocycles. The van der Waals surface area contributed by atoms with Crippen molar-refractivity contribution >= 4 is 58.5 Å². The minimum absolute atomic E-state index is 0.212. The van der Waals surface area contributed by atoms with Crippen LogP contribution in [0.3, 0.4) is 0 Å². The van der Waals surface area contributed by atoms with Crippen molar-refractivity contribution in [2.75, 3.05) is 18.4 Å². The number of hydrogen-bond donors (Lipinski definition) is 1. The van der Waals surface area contributed by atoms with Crippen molar-refractivity contribution in [2.24, 2.45) is 11.8 Å². The molecule has 1 aliphatic rings. The fourth-order valence-corrected chi connectivity index (χ4v) is 7.02. The summed E-state index contributed by atoms with van der Waals surface area (Å²) in [5, 5.41) is 3.29. The lowest BCUT2D eigenvalue weighted by Crippen LogP contribution is -2.42. The van der Waals surface area contributed by atoms with E-state index in [1.165, 1.54) is 23.5 Å². The summed E-state index contributed by atoms with van der Waals surface area (Å²) >= 11 is 4.84. The molecule has 1 fully saturated rings. The SMILES string of the molecule is C[C@@H]1C[C@@H](C)CN(S(=O)(=O)c2ccc(C(=O)Nc3nc4c(Br)cccc4s3)cc2)C1. The van der Waals surface area contributed by atoms with E-state index in [1.54, 1.807) is 16.4 Å². The number of carbonyl (C=O) groups excluding carboxylic acids is 1. The molecule has 4 rings (SSSR count). The van der Waals surface area contributed by atoms with Gasteiger partial charge in [-0.3, -0.25) is 10.1 Å². The summed E-state index contributed by atoms with van der Waals surface area (Å²) < 4.78 is 29.4. The van der Waals surface area contributed by atoms with Gasteiger partial charge in [0.15, 0.2) is 5.13 Å². The van der Waals surface area contributed by atoms with E-state index in [0.717, 1.165) is 21.1 Å². The van der Waals surface area contributed by atoms with Gasteiger partial charge in [-0.25, -0.2) is 13.4 Å². The first-order valence-corrected chi connectivity index (χ1v) is 12.8. The Morgan fingerprint density at radius 3 is 2.43 bits per heavy atom. The molecule has 1 N–H and O–H groups in total. The van der Waals surface area contributed by atoms with Gasteiger partial charge < -0.3 is 0 Å². The number of aromatic nitrogens is 1. The van der Waals surface area contributed by atoms with E-state index >= 15 is 0 Å². The summed E-state index contributed by atoms with van der Waals surface area (Å²) in [6.07, 6.45) is 1.04. The van der Waals surface area contributed by atoms with Gasteiger partial charge in [-0.2, -0.15) is 4.31 Å². The number of amides is 1. The number of hydrogen-bond acceptors (Lipinski definition) is 5. The summed E-state index contributed by atoms with van der Waals surface area (Å²) in [5.41, 5.74) is 1.18. The zero-order valence-electron chi connectivity index (χ0n) is 16.6. The minimum Gasteiger partial charge on any atom is -0.298 e. The van der Waals surface area contributed by atoms with Crippen LogP contribution in [0.1, 0.15) is 30.6 Å². The molecule has 0 unspecified atom stereocenters. The number of carbonyl (C=O) groups is 1. The highest BCUT2D eigenvalue weighted by atomic mass is 79.9. The standard InChI is InChI=1S/C21H22BrN3O3S2/c1-13-10-14(2)12-25(11-13)30(27,28)16-8-6-15(7-9-16)20(26)24-21-23-19-17(22)4-3-5-18(19)29-21/h3-9,13-14H,10-12H2,1-2H3,(H,23,24,26)/t13-,14-/m1/s1. The third-order valence-electron chi connectivity index (χ3n) is 5.18. The maximum atomic E-state index is 13.0. The van der Waals surface area contributed by atoms with Gasteiger partial charge in [-0.15, -0.1) is 0 Å². The molecule has 3 aromatic rings. The molecule has 1 aromatic heterocycles. The normalized spacial score (nSPS) is 20.4. The van der Waals surface area contributed by atoms with E-state index in [9.17, 15) is 13.2 Å². The number of rotatable bonds is 4. The highest BCUT2D eigenvalue weighted by Gasteiger charge is 2.31. The number of benzene rings is 2. The number of anilines is 1. The van der Waals surface area contributed by atoms with Crippen molar-refractivity contribution in [3.8, 4) is 0 Å². The maximum absolute atomic E-state index is 13.0. The van der Waals surface area contributed by atoms with Crippen LogP contribution >= 0.6 is 27.3 Å². The molecule has 158 valence electrons. The maximum Gasteiger partial charge on any atom is 0.257 e. The van der Waals surface area contributed by atoms with Gasteiger partial charge in [-0.1, -0.05) is 31.3 Å². The molecular formula is C21H22BrN3O3S2. The first-order valence-electron chi connectivity index (χ1n) is 9.70. The Morgan fingerprint density at radius 2 is 1.80 bits per heavy atom. The van der Waals surface area contributed by atoms with Gasteiger partial charge in [0, 0.05) is 23.1 Å². The third kappa shape index (κ3) is 4.30. The number of nitrogens with zero attached hydrogens (tertiary/aromatic N) is 2. The van der Waals surface area contributed by atoms with Crippen molar-refractivity contribution in [2.45, 2.75) is 25.2 Å². The molecule has 6 nitrogen and oxygen atoms in total. The van der Waals surface area contributed by atoms with Crippen LogP contribution in [0, 0.1) is 11.8 Å². The lowest BCUT2D eigenvalue weighted by molar-refractivity contribution is 0.102. The lowest BCUT2D eigenvalue weighted by Gasteiger charge is -2.34. The summed E-state index contributed by atoms with van der Waals surface area (Å²) in [6, 6.07) is 11.8. The summed E-state index contributed by atoms with van der Waals surface area (Å²) in [4.78, 5) is 17.3. The molecule has 1 amide bonds. The van der Waals surface area contributed by atoms with E-state index in [-0.39, 0.29) is 10.8 Å². The predicted octanol–water partition coefficient (Wildman–Crippen LogP) is 4.98. The van der Waals surface area contributed by atoms with E-state index in [1.807, 2.05) is 18.2 Å². The van der Waals surface area contributed by atoms with E-state index in [2.05, 4.69) is 40.1 Å². The molecule has 9 heteroatoms. The van der Waals surface area contributed by atoms with Gasteiger partial charge in [0.1, 0.15) is 0 Å². The first-order chi connectivity index (χ1) is 14.2. The number of sulfonamides is 1. The average molecular weight is 508 g/mol. The van der Waals surface area contributed by atoms with Gasteiger partial charge in [0.2, 0.25) is 10.0 Å². The summed E-state index contributed by atoms with van der Waals surface area (Å²) in [6.45, 7) is 5.21. The average Bonchev–Trinajstić information content (AvgIpc) is 3.11. The summed E-state index contributed by atoms with van der Waals surface area (Å²) in [7, 11) is -3.57. The monoisotopic (exact) mass is 507 g/mol.